The van der Waals surface area contributed by atoms with Gasteiger partial charge in [-0.15, -0.1) is 11.8 Å². The molecule has 1 aliphatic heterocycles. The standard InChI is InChI=1S/C22H23N3O3S/c1-13-18-20(16-11-8-12-17(27-3)19(16)28-4)29-14(2)22(26)23-21(18)25(24-13)15-9-6-5-7-10-15/h5-12,14,20H,1-4H3,(H,23,26)/t14-,20-/m0/s1. The van der Waals surface area contributed by atoms with Gasteiger partial charge in [0.05, 0.1) is 36.1 Å². The van der Waals surface area contributed by atoms with E-state index in [2.05, 4.69) is 5.32 Å². The lowest BCUT2D eigenvalue weighted by Crippen LogP contribution is -2.22. The molecular formula is C22H23N3O3S. The number of hydrogen-bond donors (Lipinski definition) is 1. The Bertz CT molecular complexity index is 1050. The van der Waals surface area contributed by atoms with Gasteiger partial charge in [0, 0.05) is 11.1 Å². The summed E-state index contributed by atoms with van der Waals surface area (Å²) in [5.41, 5.74) is 3.69. The third kappa shape index (κ3) is 3.35. The largest absolute Gasteiger partial charge is 0.493 e. The molecule has 0 saturated heterocycles. The van der Waals surface area contributed by atoms with Gasteiger partial charge in [0.15, 0.2) is 11.5 Å². The molecule has 1 N–H and O–H groups in total. The SMILES string of the molecule is COc1cccc([C@@H]2S[C@@H](C)C(=O)Nc3c2c(C)nn3-c2ccccc2)c1OC. The Morgan fingerprint density at radius 2 is 1.83 bits per heavy atom. The molecule has 0 unspecified atom stereocenters. The molecule has 1 amide bonds. The Kier molecular flexibility index (Phi) is 5.24. The first kappa shape index (κ1) is 19.4. The van der Waals surface area contributed by atoms with Crippen molar-refractivity contribution in [3.63, 3.8) is 0 Å². The van der Waals surface area contributed by atoms with Crippen molar-refractivity contribution in [1.82, 2.24) is 9.78 Å². The summed E-state index contributed by atoms with van der Waals surface area (Å²) in [4.78, 5) is 12.8. The topological polar surface area (TPSA) is 65.4 Å². The first-order valence-electron chi connectivity index (χ1n) is 9.37. The van der Waals surface area contributed by atoms with Crippen LogP contribution in [0.4, 0.5) is 5.82 Å². The molecule has 3 aromatic rings. The molecule has 2 aromatic carbocycles. The third-order valence-corrected chi connectivity index (χ3v) is 6.42. The summed E-state index contributed by atoms with van der Waals surface area (Å²) in [5.74, 6) is 1.99. The second-order valence-electron chi connectivity index (χ2n) is 6.83. The zero-order chi connectivity index (χ0) is 20.5. The number of aryl methyl sites for hydroxylation is 1. The number of benzene rings is 2. The van der Waals surface area contributed by atoms with Crippen molar-refractivity contribution in [3.8, 4) is 17.2 Å². The second-order valence-corrected chi connectivity index (χ2v) is 8.28. The van der Waals surface area contributed by atoms with E-state index >= 15 is 0 Å². The Morgan fingerprint density at radius 3 is 2.52 bits per heavy atom. The Morgan fingerprint density at radius 1 is 1.07 bits per heavy atom. The summed E-state index contributed by atoms with van der Waals surface area (Å²) < 4.78 is 13.0. The number of aromatic nitrogens is 2. The molecule has 0 spiro atoms. The lowest BCUT2D eigenvalue weighted by molar-refractivity contribution is -0.115. The monoisotopic (exact) mass is 409 g/mol. The molecule has 29 heavy (non-hydrogen) atoms. The zero-order valence-electron chi connectivity index (χ0n) is 16.8. The molecule has 0 radical (unpaired) electrons. The van der Waals surface area contributed by atoms with E-state index in [1.807, 2.05) is 62.4 Å². The molecule has 6 nitrogen and oxygen atoms in total. The maximum Gasteiger partial charge on any atom is 0.238 e. The van der Waals surface area contributed by atoms with Crippen molar-refractivity contribution in [2.75, 3.05) is 19.5 Å². The number of fused-ring (bicyclic) bond motifs is 1. The number of ether oxygens (including phenoxy) is 2. The zero-order valence-corrected chi connectivity index (χ0v) is 17.6. The van der Waals surface area contributed by atoms with Crippen molar-refractivity contribution in [2.45, 2.75) is 24.3 Å². The predicted octanol–water partition coefficient (Wildman–Crippen LogP) is 4.36. The van der Waals surface area contributed by atoms with Gasteiger partial charge >= 0.3 is 0 Å². The molecule has 7 heteroatoms. The van der Waals surface area contributed by atoms with Crippen molar-refractivity contribution < 1.29 is 14.3 Å². The number of carbonyl (C=O) groups excluding carboxylic acids is 1. The summed E-state index contributed by atoms with van der Waals surface area (Å²) in [5, 5.41) is 7.47. The fourth-order valence-electron chi connectivity index (χ4n) is 3.63. The minimum Gasteiger partial charge on any atom is -0.493 e. The minimum absolute atomic E-state index is 0.0438. The Hall–Kier alpha value is -2.93. The Balaban J connectivity index is 1.95. The number of hydrogen-bond acceptors (Lipinski definition) is 5. The second kappa shape index (κ2) is 7.83. The summed E-state index contributed by atoms with van der Waals surface area (Å²) in [7, 11) is 3.26. The van der Waals surface area contributed by atoms with Crippen molar-refractivity contribution in [2.24, 2.45) is 0 Å². The number of thioether (sulfide) groups is 1. The van der Waals surface area contributed by atoms with Gasteiger partial charge in [-0.3, -0.25) is 4.79 Å². The van der Waals surface area contributed by atoms with E-state index in [4.69, 9.17) is 14.6 Å². The first-order chi connectivity index (χ1) is 14.0. The van der Waals surface area contributed by atoms with Crippen LogP contribution in [0.2, 0.25) is 0 Å². The minimum atomic E-state index is -0.244. The summed E-state index contributed by atoms with van der Waals surface area (Å²) in [6.45, 7) is 3.89. The van der Waals surface area contributed by atoms with Crippen LogP contribution in [0.25, 0.3) is 5.69 Å². The van der Waals surface area contributed by atoms with Gasteiger partial charge in [-0.25, -0.2) is 4.68 Å². The highest BCUT2D eigenvalue weighted by atomic mass is 32.2. The number of anilines is 1. The van der Waals surface area contributed by atoms with Crippen LogP contribution in [-0.4, -0.2) is 35.2 Å². The van der Waals surface area contributed by atoms with Crippen LogP contribution in [0, 0.1) is 6.92 Å². The van der Waals surface area contributed by atoms with Gasteiger partial charge < -0.3 is 14.8 Å². The number of para-hydroxylation sites is 2. The van der Waals surface area contributed by atoms with Crippen LogP contribution >= 0.6 is 11.8 Å². The van der Waals surface area contributed by atoms with Gasteiger partial charge in [0.25, 0.3) is 0 Å². The van der Waals surface area contributed by atoms with Gasteiger partial charge in [-0.2, -0.15) is 5.10 Å². The number of nitrogens with one attached hydrogen (secondary N) is 1. The van der Waals surface area contributed by atoms with Crippen molar-refractivity contribution in [3.05, 3.63) is 65.4 Å². The van der Waals surface area contributed by atoms with E-state index in [9.17, 15) is 4.79 Å². The fraction of sp³-hybridized carbons (Fsp3) is 0.273. The van der Waals surface area contributed by atoms with E-state index in [-0.39, 0.29) is 16.4 Å². The third-order valence-electron chi connectivity index (χ3n) is 5.04. The average molecular weight is 410 g/mol. The van der Waals surface area contributed by atoms with Crippen LogP contribution in [0.1, 0.15) is 29.0 Å². The molecule has 0 fully saturated rings. The summed E-state index contributed by atoms with van der Waals surface area (Å²) >= 11 is 1.58. The van der Waals surface area contributed by atoms with E-state index in [0.29, 0.717) is 17.3 Å². The number of nitrogens with zero attached hydrogens (tertiary/aromatic N) is 2. The number of carbonyl (C=O) groups is 1. The highest BCUT2D eigenvalue weighted by molar-refractivity contribution is 8.01. The number of amides is 1. The van der Waals surface area contributed by atoms with Crippen LogP contribution in [0.15, 0.2) is 48.5 Å². The summed E-state index contributed by atoms with van der Waals surface area (Å²) in [6.07, 6.45) is 0. The van der Waals surface area contributed by atoms with Gasteiger partial charge in [-0.05, 0) is 32.0 Å². The predicted molar refractivity (Wildman–Crippen MR) is 115 cm³/mol. The first-order valence-corrected chi connectivity index (χ1v) is 10.3. The van der Waals surface area contributed by atoms with E-state index in [0.717, 1.165) is 22.5 Å². The average Bonchev–Trinajstić information content (AvgIpc) is 3.00. The fourth-order valence-corrected chi connectivity index (χ4v) is 4.97. The highest BCUT2D eigenvalue weighted by Crippen LogP contribution is 2.50. The smallest absolute Gasteiger partial charge is 0.238 e. The molecular weight excluding hydrogens is 386 g/mol. The normalized spacial score (nSPS) is 18.6. The lowest BCUT2D eigenvalue weighted by atomic mass is 10.0. The van der Waals surface area contributed by atoms with Gasteiger partial charge in [-0.1, -0.05) is 30.3 Å². The van der Waals surface area contributed by atoms with Crippen LogP contribution in [-0.2, 0) is 4.79 Å². The maximum atomic E-state index is 12.8. The van der Waals surface area contributed by atoms with Crippen LogP contribution < -0.4 is 14.8 Å². The molecule has 0 bridgehead atoms. The molecule has 0 aliphatic carbocycles. The lowest BCUT2D eigenvalue weighted by Gasteiger charge is -2.21. The van der Waals surface area contributed by atoms with E-state index in [1.54, 1.807) is 30.7 Å². The molecule has 150 valence electrons. The highest BCUT2D eigenvalue weighted by Gasteiger charge is 2.35. The van der Waals surface area contributed by atoms with Crippen molar-refractivity contribution in [1.29, 1.82) is 0 Å². The molecule has 2 heterocycles. The van der Waals surface area contributed by atoms with E-state index < -0.39 is 0 Å². The van der Waals surface area contributed by atoms with Gasteiger partial charge in [0.2, 0.25) is 5.91 Å². The molecule has 2 atom stereocenters. The van der Waals surface area contributed by atoms with Crippen LogP contribution in [0.3, 0.4) is 0 Å². The molecule has 4 rings (SSSR count). The number of methoxy groups -OCH3 is 2. The molecule has 1 aliphatic rings. The quantitative estimate of drug-likeness (QED) is 0.694. The molecule has 1 aromatic heterocycles. The summed E-state index contributed by atoms with van der Waals surface area (Å²) in [6, 6.07) is 15.7. The number of rotatable bonds is 4. The van der Waals surface area contributed by atoms with E-state index in [1.165, 1.54) is 0 Å². The van der Waals surface area contributed by atoms with Gasteiger partial charge in [0.1, 0.15) is 5.82 Å². The van der Waals surface area contributed by atoms with Crippen LogP contribution in [0.5, 0.6) is 11.5 Å². The Labute approximate surface area is 174 Å². The molecule has 0 saturated carbocycles. The maximum absolute atomic E-state index is 12.8. The van der Waals surface area contributed by atoms with Crippen molar-refractivity contribution >= 4 is 23.5 Å².